The Labute approximate surface area is 381 Å². The Morgan fingerprint density at radius 2 is 1.23 bits per heavy atom. The van der Waals surface area contributed by atoms with Crippen LogP contribution >= 0.6 is 0 Å². The lowest BCUT2D eigenvalue weighted by molar-refractivity contribution is -0.308. The lowest BCUT2D eigenvalue weighted by Gasteiger charge is -2.45. The number of hydrogen-bond donors (Lipinski definition) is 12. The second-order valence-electron chi connectivity index (χ2n) is 17.6. The minimum Gasteiger partial charge on any atom is -0.481 e. The Balaban J connectivity index is 1.86. The normalized spacial score (nSPS) is 45.5. The first-order chi connectivity index (χ1) is 30.6. The third-order valence-corrected chi connectivity index (χ3v) is 12.0. The highest BCUT2D eigenvalue weighted by Crippen LogP contribution is 2.38. The number of carboxylic acid groups (broad SMARTS) is 1. The number of aliphatic hydroxyl groups is 10. The van der Waals surface area contributed by atoms with Crippen molar-refractivity contribution in [1.82, 2.24) is 0 Å². The molecule has 0 aromatic heterocycles. The van der Waals surface area contributed by atoms with E-state index in [1.54, 1.807) is 80.7 Å². The number of aliphatic hydroxyl groups excluding tert-OH is 9. The fourth-order valence-electron chi connectivity index (χ4n) is 7.97. The number of aliphatic carboxylic acids is 1. The van der Waals surface area contributed by atoms with Crippen LogP contribution in [0.3, 0.4) is 0 Å². The van der Waals surface area contributed by atoms with Gasteiger partial charge in [0, 0.05) is 37.5 Å². The van der Waals surface area contributed by atoms with Crippen molar-refractivity contribution < 1.29 is 84.7 Å². The fraction of sp³-hybridized carbons (Fsp3) is 0.660. The number of ether oxygens (including phenoxy) is 4. The smallest absolute Gasteiger partial charge is 0.311 e. The van der Waals surface area contributed by atoms with Crippen LogP contribution in [-0.2, 0) is 28.5 Å². The van der Waals surface area contributed by atoms with Crippen molar-refractivity contribution in [2.75, 3.05) is 0 Å². The SMILES string of the molecule is CC1OC(O[C@H]2/C=C/C=C/C=C/C=C/C=C/C=C\C=C\[C@H](C)[C@@H](O)[C@@H](C)[C@H](C)OC(=O)CC(O)CC(O)CCC(O)C(O)CC(O)C[C@]3(O)C[C@H](O)C(C(=O)O)C(C2)O3)C(O)[C@H](N)C1O. The van der Waals surface area contributed by atoms with Crippen LogP contribution in [-0.4, -0.2) is 166 Å². The van der Waals surface area contributed by atoms with E-state index in [1.165, 1.54) is 13.0 Å². The predicted octanol–water partition coefficient (Wildman–Crippen LogP) is 0.712. The van der Waals surface area contributed by atoms with Gasteiger partial charge in [0.2, 0.25) is 0 Å². The molecule has 0 radical (unpaired) electrons. The molecule has 65 heavy (non-hydrogen) atoms. The number of nitrogens with two attached hydrogens (primary N) is 1. The zero-order valence-electron chi connectivity index (χ0n) is 37.6. The molecular weight excluding hydrogens is 851 g/mol. The molecular formula is C47H73NO17. The van der Waals surface area contributed by atoms with Gasteiger partial charge in [-0.25, -0.2) is 0 Å². The van der Waals surface area contributed by atoms with Crippen LogP contribution in [0.2, 0.25) is 0 Å². The van der Waals surface area contributed by atoms with Gasteiger partial charge in [-0.15, -0.1) is 0 Å². The molecule has 3 rings (SSSR count). The molecule has 0 saturated carbocycles. The second kappa shape index (κ2) is 27.4. The van der Waals surface area contributed by atoms with Gasteiger partial charge in [-0.1, -0.05) is 98.9 Å². The van der Waals surface area contributed by atoms with E-state index >= 15 is 0 Å². The van der Waals surface area contributed by atoms with E-state index in [0.29, 0.717) is 0 Å². The number of carbonyl (C=O) groups is 2. The molecule has 3 aliphatic rings. The minimum absolute atomic E-state index is 0.107. The molecule has 3 aliphatic heterocycles. The first-order valence-corrected chi connectivity index (χ1v) is 22.3. The quantitative estimate of drug-likeness (QED) is 0.174. The summed E-state index contributed by atoms with van der Waals surface area (Å²) in [5.74, 6) is -6.83. The van der Waals surface area contributed by atoms with Gasteiger partial charge >= 0.3 is 11.9 Å². The van der Waals surface area contributed by atoms with Crippen LogP contribution in [0.1, 0.15) is 79.1 Å². The Kier molecular flexibility index (Phi) is 23.6. The summed E-state index contributed by atoms with van der Waals surface area (Å²) in [6.45, 7) is 6.74. The molecule has 0 aromatic rings. The van der Waals surface area contributed by atoms with Crippen molar-refractivity contribution in [1.29, 1.82) is 0 Å². The summed E-state index contributed by atoms with van der Waals surface area (Å²) in [7, 11) is 0. The van der Waals surface area contributed by atoms with Gasteiger partial charge in [-0.05, 0) is 33.1 Å². The number of rotatable bonds is 3. The molecule has 13 N–H and O–H groups in total. The van der Waals surface area contributed by atoms with Gasteiger partial charge in [0.05, 0.1) is 79.6 Å². The summed E-state index contributed by atoms with van der Waals surface area (Å²) >= 11 is 0. The number of allylic oxidation sites excluding steroid dienone is 12. The number of fused-ring (bicyclic) bond motifs is 2. The molecule has 18 heteroatoms. The van der Waals surface area contributed by atoms with Gasteiger partial charge in [0.1, 0.15) is 18.1 Å². The second-order valence-corrected chi connectivity index (χ2v) is 17.6. The van der Waals surface area contributed by atoms with Gasteiger partial charge in [0.25, 0.3) is 0 Å². The average Bonchev–Trinajstić information content (AvgIpc) is 3.21. The van der Waals surface area contributed by atoms with Crippen LogP contribution in [0.5, 0.6) is 0 Å². The van der Waals surface area contributed by atoms with Crippen molar-refractivity contribution >= 4 is 11.9 Å². The van der Waals surface area contributed by atoms with E-state index in [1.807, 2.05) is 19.1 Å². The van der Waals surface area contributed by atoms with Gasteiger partial charge in [-0.3, -0.25) is 9.59 Å². The molecule has 2 fully saturated rings. The maximum atomic E-state index is 12.6. The molecule has 18 nitrogen and oxygen atoms in total. The van der Waals surface area contributed by atoms with Crippen LogP contribution in [0, 0.1) is 17.8 Å². The van der Waals surface area contributed by atoms with Gasteiger partial charge < -0.3 is 80.9 Å². The third kappa shape index (κ3) is 18.6. The van der Waals surface area contributed by atoms with E-state index in [9.17, 15) is 65.8 Å². The molecule has 3 heterocycles. The highest BCUT2D eigenvalue weighted by atomic mass is 16.7. The summed E-state index contributed by atoms with van der Waals surface area (Å²) in [5.41, 5.74) is 6.02. The van der Waals surface area contributed by atoms with E-state index in [0.717, 1.165) is 0 Å². The largest absolute Gasteiger partial charge is 0.481 e. The molecule has 0 aliphatic carbocycles. The standard InChI is InChI=1S/C47H73NO17/c1-27-17-15-13-11-9-7-5-6-8-10-12-14-16-18-34(64-46-44(58)41(48)43(57)30(4)63-46)24-38-40(45(59)60)37(54)26-47(61,65-38)25-33(51)22-36(53)35(52)20-19-31(49)21-32(50)23-39(55)62-29(3)28(2)42(27)56/h5-18,27-38,40-44,46,49-54,56-58,61H,19-26,48H2,1-4H3,(H,59,60)/b6-5+,9-7+,10-8+,13-11-,14-12+,17-15+,18-16+/t27-,28-,29-,30?,31?,32?,33?,34-,35?,36?,37-,38?,40?,41+,42+,43?,44?,46?,47+/m0/s1. The van der Waals surface area contributed by atoms with Crippen molar-refractivity contribution in [3.8, 4) is 0 Å². The number of hydrogen-bond acceptors (Lipinski definition) is 17. The first-order valence-electron chi connectivity index (χ1n) is 22.3. The van der Waals surface area contributed by atoms with Crippen LogP contribution in [0.15, 0.2) is 85.1 Å². The maximum absolute atomic E-state index is 12.6. The van der Waals surface area contributed by atoms with Gasteiger partial charge in [-0.2, -0.15) is 0 Å². The summed E-state index contributed by atoms with van der Waals surface area (Å²) in [4.78, 5) is 25.1. The molecule has 0 spiro atoms. The molecule has 0 aromatic carbocycles. The van der Waals surface area contributed by atoms with Crippen molar-refractivity contribution in [2.24, 2.45) is 23.5 Å². The van der Waals surface area contributed by atoms with Crippen LogP contribution < -0.4 is 5.73 Å². The molecule has 11 unspecified atom stereocenters. The molecule has 368 valence electrons. The minimum atomic E-state index is -2.33. The lowest BCUT2D eigenvalue weighted by Crippen LogP contribution is -2.61. The van der Waals surface area contributed by atoms with E-state index in [4.69, 9.17) is 24.7 Å². The third-order valence-electron chi connectivity index (χ3n) is 12.0. The summed E-state index contributed by atoms with van der Waals surface area (Å²) in [5, 5.41) is 118. The Hall–Kier alpha value is -3.44. The monoisotopic (exact) mass is 923 g/mol. The first kappa shape index (κ1) is 55.9. The number of carbonyl (C=O) groups excluding carboxylic acids is 1. The number of carboxylic acids is 1. The Bertz CT molecular complexity index is 1670. The molecule has 19 atom stereocenters. The average molecular weight is 924 g/mol. The van der Waals surface area contributed by atoms with Crippen molar-refractivity contribution in [3.63, 3.8) is 0 Å². The van der Waals surface area contributed by atoms with E-state index in [2.05, 4.69) is 0 Å². The van der Waals surface area contributed by atoms with Crippen molar-refractivity contribution in [3.05, 3.63) is 85.1 Å². The predicted molar refractivity (Wildman–Crippen MR) is 237 cm³/mol. The number of esters is 1. The molecule has 2 bridgehead atoms. The van der Waals surface area contributed by atoms with Crippen LogP contribution in [0.4, 0.5) is 0 Å². The summed E-state index contributed by atoms with van der Waals surface area (Å²) < 4.78 is 23.1. The highest BCUT2D eigenvalue weighted by molar-refractivity contribution is 5.71. The maximum Gasteiger partial charge on any atom is 0.311 e. The van der Waals surface area contributed by atoms with Gasteiger partial charge in [0.15, 0.2) is 12.1 Å². The highest BCUT2D eigenvalue weighted by Gasteiger charge is 2.51. The lowest BCUT2D eigenvalue weighted by atomic mass is 9.82. The summed E-state index contributed by atoms with van der Waals surface area (Å²) in [6, 6.07) is -1.15. The Morgan fingerprint density at radius 3 is 1.82 bits per heavy atom. The molecule has 2 saturated heterocycles. The van der Waals surface area contributed by atoms with E-state index in [-0.39, 0.29) is 31.6 Å². The molecule has 0 amide bonds. The summed E-state index contributed by atoms with van der Waals surface area (Å²) in [6.07, 6.45) is 3.46. The van der Waals surface area contributed by atoms with Crippen molar-refractivity contribution in [2.45, 2.75) is 177 Å². The topological polar surface area (TPSA) is 320 Å². The zero-order chi connectivity index (χ0) is 48.4. The van der Waals surface area contributed by atoms with Crippen LogP contribution in [0.25, 0.3) is 0 Å². The Morgan fingerprint density at radius 1 is 0.662 bits per heavy atom. The number of cyclic esters (lactones) is 1. The fourth-order valence-corrected chi connectivity index (χ4v) is 7.97. The van der Waals surface area contributed by atoms with E-state index < -0.39 is 147 Å². The zero-order valence-corrected chi connectivity index (χ0v) is 37.6.